The zero-order chi connectivity index (χ0) is 15.5. The van der Waals surface area contributed by atoms with Crippen molar-refractivity contribution in [2.75, 3.05) is 0 Å². The topological polar surface area (TPSA) is 13.1 Å². The third-order valence-electron chi connectivity index (χ3n) is 5.16. The monoisotopic (exact) mass is 465 g/mol. The zero-order valence-corrected chi connectivity index (χ0v) is 19.8. The van der Waals surface area contributed by atoms with Crippen molar-refractivity contribution >= 4 is 24.0 Å². The second-order valence-corrected chi connectivity index (χ2v) is 11.5. The molecule has 0 N–H and O–H groups in total. The van der Waals surface area contributed by atoms with Crippen LogP contribution >= 0.6 is 0 Å². The first-order chi connectivity index (χ1) is 10.5. The minimum atomic E-state index is -1.10. The predicted octanol–water partition coefficient (Wildman–Crippen LogP) is -0.177. The molecule has 1 nitrogen and oxygen atoms in total. The average molecular weight is 468 g/mol. The third kappa shape index (κ3) is 3.41. The molecule has 0 spiro atoms. The summed E-state index contributed by atoms with van der Waals surface area (Å²) in [4.78, 5) is 0. The van der Waals surface area contributed by atoms with E-state index in [4.69, 9.17) is 4.42 Å². The van der Waals surface area contributed by atoms with Crippen LogP contribution in [0, 0.1) is 6.92 Å². The van der Waals surface area contributed by atoms with Crippen LogP contribution in [0.25, 0.3) is 16.0 Å². The minimum absolute atomic E-state index is 0. The van der Waals surface area contributed by atoms with Crippen LogP contribution in [0.2, 0.25) is 13.1 Å². The maximum atomic E-state index is 5.76. The fraction of sp³-hybridized carbons (Fsp3) is 0.250. The Hall–Kier alpha value is -0.470. The van der Waals surface area contributed by atoms with E-state index in [1.165, 1.54) is 22.1 Å². The fourth-order valence-electron chi connectivity index (χ4n) is 4.37. The summed E-state index contributed by atoms with van der Waals surface area (Å²) in [5.74, 6) is 2.31. The summed E-state index contributed by atoms with van der Waals surface area (Å²) in [5.41, 5.74) is 3.85. The molecular weight excluding hydrogens is 446 g/mol. The van der Waals surface area contributed by atoms with Crippen molar-refractivity contribution in [3.8, 4) is 0 Å². The molecule has 3 aromatic rings. The predicted molar refractivity (Wildman–Crippen MR) is 95.8 cm³/mol. The second-order valence-electron chi connectivity index (χ2n) is 7.01. The van der Waals surface area contributed by atoms with Crippen LogP contribution in [-0.4, -0.2) is 8.07 Å². The number of halogens is 2. The van der Waals surface area contributed by atoms with Crippen molar-refractivity contribution < 1.29 is 55.4 Å². The van der Waals surface area contributed by atoms with Crippen LogP contribution in [0.3, 0.4) is 0 Å². The Kier molecular flexibility index (Phi) is 7.26. The molecule has 25 heavy (non-hydrogen) atoms. The van der Waals surface area contributed by atoms with Gasteiger partial charge in [-0.25, -0.2) is 0 Å². The first-order valence-electron chi connectivity index (χ1n) is 7.92. The van der Waals surface area contributed by atoms with Gasteiger partial charge < -0.3 is 29.2 Å². The molecule has 2 aliphatic heterocycles. The summed E-state index contributed by atoms with van der Waals surface area (Å²) < 4.78 is 5.76. The second kappa shape index (κ2) is 8.05. The number of aryl methyl sites for hydroxylation is 1. The molecule has 1 aromatic heterocycles. The zero-order valence-electron chi connectivity index (χ0n) is 14.9. The van der Waals surface area contributed by atoms with Crippen LogP contribution in [0.5, 0.6) is 0 Å². The quantitative estimate of drug-likeness (QED) is 0.331. The van der Waals surface area contributed by atoms with E-state index in [0.29, 0.717) is 0 Å². The number of hydrogen-bond acceptors (Lipinski definition) is 1. The largest absolute Gasteiger partial charge is 3.00 e. The molecule has 1 unspecified atom stereocenters. The van der Waals surface area contributed by atoms with Gasteiger partial charge in [0, 0.05) is 11.1 Å². The van der Waals surface area contributed by atoms with Gasteiger partial charge in [-0.05, 0) is 25.1 Å². The van der Waals surface area contributed by atoms with Crippen molar-refractivity contribution in [1.82, 2.24) is 0 Å². The van der Waals surface area contributed by atoms with E-state index in [-0.39, 0.29) is 51.0 Å². The summed E-state index contributed by atoms with van der Waals surface area (Å²) in [5, 5.41) is 4.26. The summed E-state index contributed by atoms with van der Waals surface area (Å²) in [6.45, 7) is 9.21. The summed E-state index contributed by atoms with van der Waals surface area (Å²) in [6, 6.07) is 16.9. The van der Waals surface area contributed by atoms with E-state index in [2.05, 4.69) is 68.5 Å². The number of furan rings is 1. The van der Waals surface area contributed by atoms with E-state index in [1.54, 1.807) is 10.8 Å². The van der Waals surface area contributed by atoms with E-state index < -0.39 is 8.07 Å². The van der Waals surface area contributed by atoms with Gasteiger partial charge in [-0.2, -0.15) is 17.5 Å². The maximum absolute atomic E-state index is 5.76. The molecule has 5 heteroatoms. The van der Waals surface area contributed by atoms with Gasteiger partial charge in [0.2, 0.25) is 0 Å². The Bertz CT molecular complexity index is 877. The van der Waals surface area contributed by atoms with Gasteiger partial charge in [0.1, 0.15) is 11.5 Å². The van der Waals surface area contributed by atoms with Gasteiger partial charge >= 0.3 is 26.2 Å². The Balaban J connectivity index is 0.000000234. The third-order valence-corrected chi connectivity index (χ3v) is 9.26. The summed E-state index contributed by atoms with van der Waals surface area (Å²) in [7, 11) is -1.10. The Morgan fingerprint density at radius 2 is 1.72 bits per heavy atom. The van der Waals surface area contributed by atoms with E-state index >= 15 is 0 Å². The molecule has 129 valence electrons. The molecular formula is C20H21Cl2OSiZr. The van der Waals surface area contributed by atoms with Crippen molar-refractivity contribution in [2.24, 2.45) is 0 Å². The summed E-state index contributed by atoms with van der Waals surface area (Å²) in [6.07, 6.45) is 0. The van der Waals surface area contributed by atoms with Crippen LogP contribution in [0.1, 0.15) is 29.5 Å². The SMILES string of the molecule is CC1=C2c3oc(C)cc3C1[Si]2(C)C.[Cl-].[Cl-].[Zr+3].c1ccc2[cH-]ccc2c1. The number of fused-ring (bicyclic) bond motifs is 1. The Labute approximate surface area is 182 Å². The number of benzene rings is 1. The normalized spacial score (nSPS) is 18.0. The van der Waals surface area contributed by atoms with Crippen LogP contribution in [0.4, 0.5) is 0 Å². The van der Waals surface area contributed by atoms with Gasteiger partial charge in [-0.15, -0.1) is 29.7 Å². The standard InChI is InChI=1S/C11H14OSi.C9H7.2ClH.Zr/c1-6-5-8-9(12-6)11-7(2)10(8)13(11,3)4;1-2-5-9-7-3-6-8(9)4-1;;;/h5,10H,1-4H3;1-7H;2*1H;/q;-1;;;+3/p-2. The summed E-state index contributed by atoms with van der Waals surface area (Å²) >= 11 is 0. The van der Waals surface area contributed by atoms with Crippen LogP contribution < -0.4 is 24.8 Å². The molecule has 3 aliphatic rings. The van der Waals surface area contributed by atoms with Gasteiger partial charge in [0.15, 0.2) is 0 Å². The molecule has 0 saturated carbocycles. The molecule has 2 aromatic carbocycles. The molecule has 0 amide bonds. The number of rotatable bonds is 0. The first kappa shape index (κ1) is 22.6. The van der Waals surface area contributed by atoms with Crippen molar-refractivity contribution in [3.63, 3.8) is 0 Å². The molecule has 6 rings (SSSR count). The molecule has 1 atom stereocenters. The molecule has 3 heterocycles. The molecule has 1 aliphatic carbocycles. The van der Waals surface area contributed by atoms with Crippen molar-refractivity contribution in [3.05, 3.63) is 71.2 Å². The van der Waals surface area contributed by atoms with Crippen molar-refractivity contribution in [1.29, 1.82) is 0 Å². The molecule has 1 radical (unpaired) electrons. The molecule has 0 saturated heterocycles. The van der Waals surface area contributed by atoms with Gasteiger partial charge in [0.25, 0.3) is 0 Å². The minimum Gasteiger partial charge on any atom is -1.00 e. The average Bonchev–Trinajstić information content (AvgIpc) is 3.15. The van der Waals surface area contributed by atoms with Crippen molar-refractivity contribution in [2.45, 2.75) is 32.5 Å². The molecule has 0 fully saturated rings. The van der Waals surface area contributed by atoms with E-state index in [9.17, 15) is 0 Å². The van der Waals surface area contributed by atoms with Crippen LogP contribution in [0.15, 0.2) is 58.5 Å². The maximum Gasteiger partial charge on any atom is 3.00 e. The Morgan fingerprint density at radius 3 is 2.32 bits per heavy atom. The smallest absolute Gasteiger partial charge is 1.00 e. The van der Waals surface area contributed by atoms with E-state index in [0.717, 1.165) is 11.3 Å². The number of hydrogen-bond donors (Lipinski definition) is 0. The van der Waals surface area contributed by atoms with Gasteiger partial charge in [-0.3, -0.25) is 0 Å². The van der Waals surface area contributed by atoms with Crippen LogP contribution in [-0.2, 0) is 26.2 Å². The van der Waals surface area contributed by atoms with E-state index in [1.807, 2.05) is 6.92 Å². The van der Waals surface area contributed by atoms with Gasteiger partial charge in [-0.1, -0.05) is 24.7 Å². The fourth-order valence-corrected chi connectivity index (χ4v) is 8.59. The first-order valence-corrected chi connectivity index (χ1v) is 11.0. The Morgan fingerprint density at radius 1 is 1.04 bits per heavy atom. The van der Waals surface area contributed by atoms with Gasteiger partial charge in [0.05, 0.1) is 8.07 Å². The number of allylic oxidation sites excluding steroid dienone is 1. The molecule has 2 bridgehead atoms.